The highest BCUT2D eigenvalue weighted by Gasteiger charge is 1.98. The Hall–Kier alpha value is -0.610. The van der Waals surface area contributed by atoms with E-state index < -0.39 is 12.6 Å². The number of carbonyl (C=O) groups excluding carboxylic acids is 1. The molecule has 0 amide bonds. The van der Waals surface area contributed by atoms with E-state index in [2.05, 4.69) is 0 Å². The zero-order chi connectivity index (χ0) is 12.1. The molecule has 0 aromatic rings. The number of ether oxygens (including phenoxy) is 1. The normalized spacial score (nSPS) is 10.4. The SMILES string of the molecule is O=C(CO)OCCCCCCCCCCO. The highest BCUT2D eigenvalue weighted by molar-refractivity contribution is 5.70. The molecule has 0 unspecified atom stereocenters. The first-order valence-electron chi connectivity index (χ1n) is 6.18. The van der Waals surface area contributed by atoms with Crippen LogP contribution in [0.2, 0.25) is 0 Å². The molecule has 0 saturated heterocycles. The van der Waals surface area contributed by atoms with Crippen LogP contribution in [0.15, 0.2) is 0 Å². The van der Waals surface area contributed by atoms with E-state index in [1.165, 1.54) is 19.3 Å². The minimum absolute atomic E-state index is 0.302. The maximum atomic E-state index is 10.6. The minimum Gasteiger partial charge on any atom is -0.464 e. The van der Waals surface area contributed by atoms with Gasteiger partial charge in [0.15, 0.2) is 0 Å². The summed E-state index contributed by atoms with van der Waals surface area (Å²) in [7, 11) is 0. The summed E-state index contributed by atoms with van der Waals surface area (Å²) in [6, 6.07) is 0. The molecule has 2 N–H and O–H groups in total. The first-order chi connectivity index (χ1) is 7.81. The van der Waals surface area contributed by atoms with E-state index >= 15 is 0 Å². The van der Waals surface area contributed by atoms with Gasteiger partial charge in [0.2, 0.25) is 0 Å². The Labute approximate surface area is 97.6 Å². The molecule has 0 aliphatic rings. The maximum absolute atomic E-state index is 10.6. The third-order valence-electron chi connectivity index (χ3n) is 2.44. The van der Waals surface area contributed by atoms with Crippen molar-refractivity contribution in [1.82, 2.24) is 0 Å². The quantitative estimate of drug-likeness (QED) is 0.420. The lowest BCUT2D eigenvalue weighted by Gasteiger charge is -2.03. The van der Waals surface area contributed by atoms with E-state index in [1.54, 1.807) is 0 Å². The average molecular weight is 232 g/mol. The Bertz CT molecular complexity index is 159. The summed E-state index contributed by atoms with van der Waals surface area (Å²) in [6.45, 7) is 0.199. The number of hydrogen-bond acceptors (Lipinski definition) is 4. The van der Waals surface area contributed by atoms with Gasteiger partial charge in [-0.15, -0.1) is 0 Å². The molecule has 0 saturated carbocycles. The van der Waals surface area contributed by atoms with Gasteiger partial charge in [-0.3, -0.25) is 0 Å². The maximum Gasteiger partial charge on any atom is 0.331 e. The van der Waals surface area contributed by atoms with Crippen LogP contribution in [0.3, 0.4) is 0 Å². The lowest BCUT2D eigenvalue weighted by Crippen LogP contribution is -2.09. The van der Waals surface area contributed by atoms with Crippen LogP contribution in [0.25, 0.3) is 0 Å². The summed E-state index contributed by atoms with van der Waals surface area (Å²) in [5.74, 6) is -0.538. The third-order valence-corrected chi connectivity index (χ3v) is 2.44. The van der Waals surface area contributed by atoms with Crippen molar-refractivity contribution in [2.24, 2.45) is 0 Å². The largest absolute Gasteiger partial charge is 0.464 e. The second-order valence-corrected chi connectivity index (χ2v) is 3.93. The van der Waals surface area contributed by atoms with Crippen molar-refractivity contribution >= 4 is 5.97 Å². The van der Waals surface area contributed by atoms with Gasteiger partial charge in [0.25, 0.3) is 0 Å². The molecule has 0 aromatic carbocycles. The Morgan fingerprint density at radius 1 is 0.812 bits per heavy atom. The molecule has 96 valence electrons. The van der Waals surface area contributed by atoms with E-state index in [1.807, 2.05) is 0 Å². The minimum atomic E-state index is -0.538. The van der Waals surface area contributed by atoms with Gasteiger partial charge < -0.3 is 14.9 Å². The van der Waals surface area contributed by atoms with Gasteiger partial charge in [-0.1, -0.05) is 38.5 Å². The first-order valence-corrected chi connectivity index (χ1v) is 6.18. The summed E-state index contributed by atoms with van der Waals surface area (Å²) < 4.78 is 4.73. The van der Waals surface area contributed by atoms with Crippen LogP contribution in [0.4, 0.5) is 0 Å². The molecular weight excluding hydrogens is 208 g/mol. The molecule has 0 atom stereocenters. The van der Waals surface area contributed by atoms with Crippen LogP contribution in [0.5, 0.6) is 0 Å². The number of hydrogen-bond donors (Lipinski definition) is 2. The van der Waals surface area contributed by atoms with E-state index in [-0.39, 0.29) is 0 Å². The fourth-order valence-corrected chi connectivity index (χ4v) is 1.51. The Kier molecular flexibility index (Phi) is 12.0. The average Bonchev–Trinajstić information content (AvgIpc) is 2.31. The summed E-state index contributed by atoms with van der Waals surface area (Å²) in [6.07, 6.45) is 8.76. The van der Waals surface area contributed by atoms with Gasteiger partial charge in [0.1, 0.15) is 6.61 Å². The number of carbonyl (C=O) groups is 1. The molecule has 0 aliphatic heterocycles. The summed E-state index contributed by atoms with van der Waals surface area (Å²) in [4.78, 5) is 10.6. The number of aliphatic hydroxyl groups excluding tert-OH is 2. The zero-order valence-corrected chi connectivity index (χ0v) is 9.99. The van der Waals surface area contributed by atoms with Crippen molar-refractivity contribution in [1.29, 1.82) is 0 Å². The number of aliphatic hydroxyl groups is 2. The molecule has 0 radical (unpaired) electrons. The van der Waals surface area contributed by atoms with E-state index in [0.717, 1.165) is 32.1 Å². The highest BCUT2D eigenvalue weighted by atomic mass is 16.5. The lowest BCUT2D eigenvalue weighted by atomic mass is 10.1. The highest BCUT2D eigenvalue weighted by Crippen LogP contribution is 2.08. The molecule has 4 nitrogen and oxygen atoms in total. The number of esters is 1. The van der Waals surface area contributed by atoms with Crippen molar-refractivity contribution in [3.05, 3.63) is 0 Å². The fraction of sp³-hybridized carbons (Fsp3) is 0.917. The topological polar surface area (TPSA) is 66.8 Å². The van der Waals surface area contributed by atoms with Gasteiger partial charge in [0, 0.05) is 6.61 Å². The Morgan fingerprint density at radius 2 is 1.31 bits per heavy atom. The summed E-state index contributed by atoms with van der Waals surface area (Å²) in [5.41, 5.74) is 0. The molecule has 0 rings (SSSR count). The van der Waals surface area contributed by atoms with Crippen LogP contribution < -0.4 is 0 Å². The first kappa shape index (κ1) is 15.4. The Morgan fingerprint density at radius 3 is 1.81 bits per heavy atom. The van der Waals surface area contributed by atoms with Crippen LogP contribution in [0, 0.1) is 0 Å². The molecule has 4 heteroatoms. The van der Waals surface area contributed by atoms with E-state index in [0.29, 0.717) is 13.2 Å². The van der Waals surface area contributed by atoms with Crippen LogP contribution >= 0.6 is 0 Å². The zero-order valence-electron chi connectivity index (χ0n) is 9.99. The third kappa shape index (κ3) is 11.5. The van der Waals surface area contributed by atoms with Crippen molar-refractivity contribution in [2.75, 3.05) is 19.8 Å². The molecular formula is C12H24O4. The lowest BCUT2D eigenvalue weighted by molar-refractivity contribution is -0.147. The van der Waals surface area contributed by atoms with Gasteiger partial charge in [0.05, 0.1) is 6.61 Å². The number of rotatable bonds is 11. The predicted molar refractivity (Wildman–Crippen MR) is 62.1 cm³/mol. The van der Waals surface area contributed by atoms with Crippen molar-refractivity contribution < 1.29 is 19.7 Å². The van der Waals surface area contributed by atoms with Crippen molar-refractivity contribution in [3.63, 3.8) is 0 Å². The van der Waals surface area contributed by atoms with Gasteiger partial charge in [-0.2, -0.15) is 0 Å². The molecule has 0 fully saturated rings. The monoisotopic (exact) mass is 232 g/mol. The van der Waals surface area contributed by atoms with Gasteiger partial charge in [-0.05, 0) is 12.8 Å². The molecule has 16 heavy (non-hydrogen) atoms. The fourth-order valence-electron chi connectivity index (χ4n) is 1.51. The van der Waals surface area contributed by atoms with Gasteiger partial charge >= 0.3 is 5.97 Å². The summed E-state index contributed by atoms with van der Waals surface area (Å²) >= 11 is 0. The molecule has 0 bridgehead atoms. The van der Waals surface area contributed by atoms with Gasteiger partial charge in [-0.25, -0.2) is 4.79 Å². The Balaban J connectivity index is 2.96. The van der Waals surface area contributed by atoms with E-state index in [9.17, 15) is 4.79 Å². The molecule has 0 heterocycles. The summed E-state index contributed by atoms with van der Waals surface area (Å²) in [5, 5.41) is 17.0. The molecule has 0 aliphatic carbocycles. The van der Waals surface area contributed by atoms with E-state index in [4.69, 9.17) is 14.9 Å². The predicted octanol–water partition coefficient (Wildman–Crippen LogP) is 1.64. The molecule has 0 aromatic heterocycles. The van der Waals surface area contributed by atoms with Crippen LogP contribution in [-0.2, 0) is 9.53 Å². The van der Waals surface area contributed by atoms with Crippen LogP contribution in [0.1, 0.15) is 51.4 Å². The second kappa shape index (κ2) is 12.5. The van der Waals surface area contributed by atoms with Crippen LogP contribution in [-0.4, -0.2) is 36.0 Å². The smallest absolute Gasteiger partial charge is 0.331 e. The second-order valence-electron chi connectivity index (χ2n) is 3.93. The number of unbranched alkanes of at least 4 members (excludes halogenated alkanes) is 7. The standard InChI is InChI=1S/C12H24O4/c13-9-7-5-3-1-2-4-6-8-10-16-12(15)11-14/h13-14H,1-11H2. The van der Waals surface area contributed by atoms with Crippen molar-refractivity contribution in [2.45, 2.75) is 51.4 Å². The molecule has 0 spiro atoms. The van der Waals surface area contributed by atoms with Crippen molar-refractivity contribution in [3.8, 4) is 0 Å².